The predicted molar refractivity (Wildman–Crippen MR) is 120 cm³/mol. The van der Waals surface area contributed by atoms with Gasteiger partial charge in [0.25, 0.3) is 11.5 Å². The molecule has 0 spiro atoms. The maximum Gasteiger partial charge on any atom is 0.266 e. The summed E-state index contributed by atoms with van der Waals surface area (Å²) in [7, 11) is 1.75. The van der Waals surface area contributed by atoms with E-state index >= 15 is 0 Å². The van der Waals surface area contributed by atoms with Crippen LogP contribution in [0.25, 0.3) is 28.2 Å². The second-order valence-electron chi connectivity index (χ2n) is 7.41. The molecule has 5 rings (SSSR count). The molecule has 1 aliphatic heterocycles. The fourth-order valence-electron chi connectivity index (χ4n) is 3.93. The first kappa shape index (κ1) is 18.1. The molecule has 0 N–H and O–H groups in total. The molecule has 0 aliphatic carbocycles. The van der Waals surface area contributed by atoms with E-state index in [9.17, 15) is 9.59 Å². The zero-order chi connectivity index (χ0) is 20.8. The molecule has 30 heavy (non-hydrogen) atoms. The van der Waals surface area contributed by atoms with Gasteiger partial charge in [0.2, 0.25) is 0 Å². The first-order chi connectivity index (χ1) is 14.5. The zero-order valence-corrected chi connectivity index (χ0v) is 16.7. The van der Waals surface area contributed by atoms with Gasteiger partial charge in [-0.25, -0.2) is 4.98 Å². The quantitative estimate of drug-likeness (QED) is 0.480. The second kappa shape index (κ2) is 6.81. The first-order valence-corrected chi connectivity index (χ1v) is 9.72. The molecule has 2 heterocycles. The van der Waals surface area contributed by atoms with Crippen LogP contribution < -0.4 is 10.5 Å². The van der Waals surface area contributed by atoms with Gasteiger partial charge in [-0.2, -0.15) is 0 Å². The van der Waals surface area contributed by atoms with E-state index in [1.54, 1.807) is 28.7 Å². The van der Waals surface area contributed by atoms with Crippen molar-refractivity contribution in [2.75, 3.05) is 11.9 Å². The average Bonchev–Trinajstić information content (AvgIpc) is 2.99. The summed E-state index contributed by atoms with van der Waals surface area (Å²) in [5, 5.41) is 0.538. The summed E-state index contributed by atoms with van der Waals surface area (Å²) in [5.41, 5.74) is 4.40. The third-order valence-corrected chi connectivity index (χ3v) is 5.43. The number of likely N-dealkylation sites (N-methyl/N-ethyl adjacent to an activating group) is 1. The fraction of sp³-hybridized carbons (Fsp3) is 0.0800. The Morgan fingerprint density at radius 3 is 2.50 bits per heavy atom. The first-order valence-electron chi connectivity index (χ1n) is 9.72. The molecule has 0 atom stereocenters. The summed E-state index contributed by atoms with van der Waals surface area (Å²) >= 11 is 0. The maximum atomic E-state index is 13.4. The molecule has 1 aliphatic rings. The van der Waals surface area contributed by atoms with Crippen LogP contribution in [0, 0.1) is 6.92 Å². The van der Waals surface area contributed by atoms with E-state index in [-0.39, 0.29) is 11.5 Å². The fourth-order valence-corrected chi connectivity index (χ4v) is 3.93. The van der Waals surface area contributed by atoms with Gasteiger partial charge in [-0.05, 0) is 48.9 Å². The Balaban J connectivity index is 1.84. The van der Waals surface area contributed by atoms with Gasteiger partial charge in [-0.15, -0.1) is 0 Å². The van der Waals surface area contributed by atoms with Crippen molar-refractivity contribution in [2.24, 2.45) is 0 Å². The molecule has 0 saturated carbocycles. The van der Waals surface area contributed by atoms with Gasteiger partial charge < -0.3 is 4.90 Å². The molecule has 1 amide bonds. The molecule has 0 saturated heterocycles. The predicted octanol–water partition coefficient (Wildman–Crippen LogP) is 4.21. The molecule has 5 heteroatoms. The van der Waals surface area contributed by atoms with E-state index in [2.05, 4.69) is 0 Å². The van der Waals surface area contributed by atoms with Crippen LogP contribution in [-0.4, -0.2) is 22.5 Å². The number of para-hydroxylation sites is 2. The minimum atomic E-state index is -0.162. The molecule has 4 aromatic rings. The van der Waals surface area contributed by atoms with Crippen LogP contribution in [0.3, 0.4) is 0 Å². The highest BCUT2D eigenvalue weighted by Gasteiger charge is 2.29. The van der Waals surface area contributed by atoms with Crippen LogP contribution >= 0.6 is 0 Å². The van der Waals surface area contributed by atoms with E-state index in [0.29, 0.717) is 22.3 Å². The van der Waals surface area contributed by atoms with Crippen LogP contribution in [0.15, 0.2) is 77.6 Å². The largest absolute Gasteiger partial charge is 0.311 e. The molecule has 1 aromatic heterocycles. The Bertz CT molecular complexity index is 1420. The maximum absolute atomic E-state index is 13.4. The number of nitrogens with zero attached hydrogens (tertiary/aromatic N) is 3. The van der Waals surface area contributed by atoms with Crippen LogP contribution in [0.2, 0.25) is 0 Å². The van der Waals surface area contributed by atoms with E-state index in [0.717, 1.165) is 22.5 Å². The lowest BCUT2D eigenvalue weighted by Crippen LogP contribution is -2.23. The molecule has 3 aromatic carbocycles. The number of anilines is 1. The zero-order valence-electron chi connectivity index (χ0n) is 16.7. The topological polar surface area (TPSA) is 55.2 Å². The van der Waals surface area contributed by atoms with Crippen molar-refractivity contribution in [3.63, 3.8) is 0 Å². The number of rotatable bonds is 2. The van der Waals surface area contributed by atoms with Crippen LogP contribution in [0.4, 0.5) is 5.69 Å². The minimum absolute atomic E-state index is 0.116. The monoisotopic (exact) mass is 393 g/mol. The molecule has 5 nitrogen and oxygen atoms in total. The highest BCUT2D eigenvalue weighted by atomic mass is 16.2. The van der Waals surface area contributed by atoms with Crippen molar-refractivity contribution < 1.29 is 4.79 Å². The lowest BCUT2D eigenvalue weighted by atomic mass is 10.1. The van der Waals surface area contributed by atoms with E-state index < -0.39 is 0 Å². The highest BCUT2D eigenvalue weighted by Crippen LogP contribution is 2.36. The van der Waals surface area contributed by atoms with Crippen LogP contribution in [-0.2, 0) is 4.79 Å². The van der Waals surface area contributed by atoms with Gasteiger partial charge in [-0.3, -0.25) is 14.2 Å². The van der Waals surface area contributed by atoms with Gasteiger partial charge in [-0.1, -0.05) is 42.5 Å². The van der Waals surface area contributed by atoms with E-state index in [1.807, 2.05) is 73.7 Å². The lowest BCUT2D eigenvalue weighted by molar-refractivity contribution is -0.112. The number of carbonyl (C=O) groups is 1. The van der Waals surface area contributed by atoms with Crippen LogP contribution in [0.1, 0.15) is 17.0 Å². The molecular weight excluding hydrogens is 374 g/mol. The van der Waals surface area contributed by atoms with Gasteiger partial charge >= 0.3 is 0 Å². The number of fused-ring (bicyclic) bond motifs is 2. The smallest absolute Gasteiger partial charge is 0.266 e. The van der Waals surface area contributed by atoms with Crippen molar-refractivity contribution in [3.05, 3.63) is 100 Å². The van der Waals surface area contributed by atoms with E-state index in [4.69, 9.17) is 4.98 Å². The van der Waals surface area contributed by atoms with Crippen molar-refractivity contribution >= 4 is 34.1 Å². The summed E-state index contributed by atoms with van der Waals surface area (Å²) in [6.07, 6.45) is 1.72. The highest BCUT2D eigenvalue weighted by molar-refractivity contribution is 6.35. The Hall–Kier alpha value is -3.99. The van der Waals surface area contributed by atoms with Crippen molar-refractivity contribution in [1.82, 2.24) is 9.55 Å². The molecular formula is C25H19N3O2. The standard InChI is InChI=1S/C25H19N3O2/c1-16-8-7-9-17(14-16)28-23(26-21-12-5-3-11-19(21)25(28)30)15-20-18-10-4-6-13-22(18)27(2)24(20)29/h3-15H,1-2H3/b20-15-. The summed E-state index contributed by atoms with van der Waals surface area (Å²) in [6.45, 7) is 1.98. The van der Waals surface area contributed by atoms with Crippen LogP contribution in [0.5, 0.6) is 0 Å². The molecule has 0 bridgehead atoms. The average molecular weight is 393 g/mol. The third kappa shape index (κ3) is 2.75. The second-order valence-corrected chi connectivity index (χ2v) is 7.41. The Labute approximate surface area is 173 Å². The number of aryl methyl sites for hydroxylation is 1. The third-order valence-electron chi connectivity index (χ3n) is 5.43. The SMILES string of the molecule is Cc1cccc(-n2c(/C=C3\C(=O)N(C)c4ccccc43)nc3ccccc3c2=O)c1. The minimum Gasteiger partial charge on any atom is -0.311 e. The molecule has 0 unspecified atom stereocenters. The molecule has 0 radical (unpaired) electrons. The van der Waals surface area contributed by atoms with Crippen molar-refractivity contribution in [1.29, 1.82) is 0 Å². The summed E-state index contributed by atoms with van der Waals surface area (Å²) < 4.78 is 1.58. The Kier molecular flexibility index (Phi) is 4.10. The lowest BCUT2D eigenvalue weighted by Gasteiger charge is -2.13. The summed E-state index contributed by atoms with van der Waals surface area (Å²) in [4.78, 5) is 32.8. The number of aromatic nitrogens is 2. The number of carbonyl (C=O) groups excluding carboxylic acids is 1. The van der Waals surface area contributed by atoms with E-state index in [1.165, 1.54) is 0 Å². The Morgan fingerprint density at radius 1 is 0.900 bits per heavy atom. The Morgan fingerprint density at radius 2 is 1.67 bits per heavy atom. The van der Waals surface area contributed by atoms with Crippen molar-refractivity contribution in [3.8, 4) is 5.69 Å². The van der Waals surface area contributed by atoms with Gasteiger partial charge in [0.15, 0.2) is 0 Å². The number of hydrogen-bond acceptors (Lipinski definition) is 3. The molecule has 146 valence electrons. The van der Waals surface area contributed by atoms with Crippen molar-refractivity contribution in [2.45, 2.75) is 6.92 Å². The number of hydrogen-bond donors (Lipinski definition) is 0. The summed E-state index contributed by atoms with van der Waals surface area (Å²) in [5.74, 6) is 0.312. The molecule has 0 fully saturated rings. The van der Waals surface area contributed by atoms with Gasteiger partial charge in [0.1, 0.15) is 5.82 Å². The number of amides is 1. The van der Waals surface area contributed by atoms with Gasteiger partial charge in [0.05, 0.1) is 27.9 Å². The number of benzene rings is 3. The normalized spacial score (nSPS) is 14.5. The summed E-state index contributed by atoms with van der Waals surface area (Å²) in [6, 6.07) is 22.6. The van der Waals surface area contributed by atoms with Gasteiger partial charge in [0, 0.05) is 12.6 Å².